The van der Waals surface area contributed by atoms with Crippen molar-refractivity contribution in [3.8, 4) is 0 Å². The van der Waals surface area contributed by atoms with Crippen LogP contribution in [0.2, 0.25) is 0 Å². The summed E-state index contributed by atoms with van der Waals surface area (Å²) in [5, 5.41) is 9.58. The van der Waals surface area contributed by atoms with Crippen molar-refractivity contribution in [3.63, 3.8) is 0 Å². The van der Waals surface area contributed by atoms with Crippen LogP contribution < -0.4 is 0 Å². The minimum absolute atomic E-state index is 0.437. The molecule has 0 aliphatic heterocycles. The average molecular weight is 293 g/mol. The molecule has 0 aromatic carbocycles. The Hall–Kier alpha value is 0.1000. The molecule has 0 radical (unpaired) electrons. The molecule has 2 nitrogen and oxygen atoms in total. The maximum Gasteiger partial charge on any atom is 0.0632 e. The van der Waals surface area contributed by atoms with Gasteiger partial charge in [0.2, 0.25) is 0 Å². The lowest BCUT2D eigenvalue weighted by Crippen LogP contribution is -2.44. The van der Waals surface area contributed by atoms with Gasteiger partial charge < -0.3 is 5.11 Å². The monoisotopic (exact) mass is 293 g/mol. The van der Waals surface area contributed by atoms with Crippen LogP contribution in [-0.2, 0) is 0 Å². The van der Waals surface area contributed by atoms with Crippen molar-refractivity contribution >= 4 is 28.3 Å². The maximum absolute atomic E-state index is 9.58. The summed E-state index contributed by atoms with van der Waals surface area (Å²) in [6, 6.07) is 0. The van der Waals surface area contributed by atoms with Crippen molar-refractivity contribution in [2.45, 2.75) is 32.3 Å². The lowest BCUT2D eigenvalue weighted by Gasteiger charge is -2.41. The van der Waals surface area contributed by atoms with Gasteiger partial charge in [-0.15, -0.1) is 0 Å². The van der Waals surface area contributed by atoms with E-state index in [1.54, 1.807) is 0 Å². The number of halogens is 1. The van der Waals surface area contributed by atoms with E-state index in [0.717, 1.165) is 17.3 Å². The van der Waals surface area contributed by atoms with Crippen LogP contribution in [0, 0.1) is 5.92 Å². The second-order valence-electron chi connectivity index (χ2n) is 3.84. The molecular weight excluding hydrogens is 277 g/mol. The van der Waals surface area contributed by atoms with Gasteiger partial charge in [0.1, 0.15) is 0 Å². The number of hydrogen-bond donors (Lipinski definition) is 1. The molecule has 1 saturated carbocycles. The highest BCUT2D eigenvalue weighted by atomic mass is 127. The highest BCUT2D eigenvalue weighted by Crippen LogP contribution is 2.38. The third-order valence-electron chi connectivity index (χ3n) is 2.37. The zero-order chi connectivity index (χ0) is 9.90. The molecule has 1 aliphatic rings. The average Bonchev–Trinajstić information content (AvgIpc) is 2.02. The zero-order valence-electron chi connectivity index (χ0n) is 8.13. The molecule has 0 aromatic heterocycles. The first-order valence-electron chi connectivity index (χ1n) is 4.55. The summed E-state index contributed by atoms with van der Waals surface area (Å²) in [6.07, 6.45) is 5.50. The van der Waals surface area contributed by atoms with Crippen molar-refractivity contribution in [3.05, 3.63) is 12.3 Å². The van der Waals surface area contributed by atoms with E-state index < -0.39 is 5.60 Å². The summed E-state index contributed by atoms with van der Waals surface area (Å²) in [5.74, 6) is 0.503. The number of aliphatic hydroxyl groups is 1. The van der Waals surface area contributed by atoms with Crippen LogP contribution in [0.5, 0.6) is 0 Å². The first-order chi connectivity index (χ1) is 6.09. The number of aliphatic imine (C=N–C) groups is 1. The van der Waals surface area contributed by atoms with E-state index in [4.69, 9.17) is 0 Å². The third kappa shape index (κ3) is 3.06. The van der Waals surface area contributed by atoms with Crippen LogP contribution in [0.3, 0.4) is 0 Å². The predicted octanol–water partition coefficient (Wildman–Crippen LogP) is 2.56. The van der Waals surface area contributed by atoms with Gasteiger partial charge in [0.25, 0.3) is 0 Å². The van der Waals surface area contributed by atoms with E-state index in [9.17, 15) is 5.11 Å². The first-order valence-corrected chi connectivity index (χ1v) is 6.07. The zero-order valence-corrected chi connectivity index (χ0v) is 10.3. The Balaban J connectivity index is 2.51. The van der Waals surface area contributed by atoms with Gasteiger partial charge in [-0.05, 0) is 26.7 Å². The van der Waals surface area contributed by atoms with Crippen molar-refractivity contribution in [1.82, 2.24) is 0 Å². The molecule has 0 aromatic rings. The fourth-order valence-electron chi connectivity index (χ4n) is 1.66. The largest absolute Gasteiger partial charge is 0.390 e. The van der Waals surface area contributed by atoms with Gasteiger partial charge in [-0.1, -0.05) is 28.7 Å². The van der Waals surface area contributed by atoms with Crippen molar-refractivity contribution in [2.75, 3.05) is 4.43 Å². The van der Waals surface area contributed by atoms with Gasteiger partial charge in [-0.25, -0.2) is 0 Å². The molecular formula is C10H16INO. The second kappa shape index (κ2) is 4.55. The Labute approximate surface area is 93.3 Å². The van der Waals surface area contributed by atoms with Gasteiger partial charge in [-0.2, -0.15) is 0 Å². The number of alkyl halides is 1. The van der Waals surface area contributed by atoms with Crippen molar-refractivity contribution in [1.29, 1.82) is 0 Å². The lowest BCUT2D eigenvalue weighted by molar-refractivity contribution is -0.0356. The Morgan fingerprint density at radius 2 is 2.31 bits per heavy atom. The van der Waals surface area contributed by atoms with Gasteiger partial charge >= 0.3 is 0 Å². The normalized spacial score (nSPS) is 35.1. The highest BCUT2D eigenvalue weighted by Gasteiger charge is 2.40. The van der Waals surface area contributed by atoms with E-state index >= 15 is 0 Å². The van der Waals surface area contributed by atoms with Crippen LogP contribution in [-0.4, -0.2) is 20.8 Å². The van der Waals surface area contributed by atoms with Crippen LogP contribution in [0.25, 0.3) is 0 Å². The van der Waals surface area contributed by atoms with E-state index in [2.05, 4.69) is 27.6 Å². The van der Waals surface area contributed by atoms with E-state index in [1.165, 1.54) is 5.71 Å². The molecule has 0 heterocycles. The molecule has 0 unspecified atom stereocenters. The molecule has 1 fully saturated rings. The molecule has 3 heteroatoms. The molecule has 0 amide bonds. The number of nitrogens with zero attached hydrogens (tertiary/aromatic N) is 1. The smallest absolute Gasteiger partial charge is 0.0632 e. The highest BCUT2D eigenvalue weighted by molar-refractivity contribution is 14.1. The van der Waals surface area contributed by atoms with Gasteiger partial charge in [0.15, 0.2) is 0 Å². The molecule has 0 saturated heterocycles. The molecule has 74 valence electrons. The van der Waals surface area contributed by atoms with Crippen LogP contribution >= 0.6 is 22.6 Å². The summed E-state index contributed by atoms with van der Waals surface area (Å²) >= 11 is 2.33. The third-order valence-corrected chi connectivity index (χ3v) is 3.15. The van der Waals surface area contributed by atoms with Crippen LogP contribution in [0.15, 0.2) is 17.3 Å². The van der Waals surface area contributed by atoms with Gasteiger partial charge in [0.05, 0.1) is 5.60 Å². The van der Waals surface area contributed by atoms with E-state index in [-0.39, 0.29) is 0 Å². The molecule has 13 heavy (non-hydrogen) atoms. The van der Waals surface area contributed by atoms with Crippen molar-refractivity contribution < 1.29 is 5.11 Å². The molecule has 1 rings (SSSR count). The fourth-order valence-corrected chi connectivity index (χ4v) is 2.48. The van der Waals surface area contributed by atoms with Crippen LogP contribution in [0.1, 0.15) is 26.7 Å². The SMILES string of the molecule is C/C=C\N=C(/CI)C1CC(C)(O)C1. The fraction of sp³-hybridized carbons (Fsp3) is 0.700. The standard InChI is InChI=1S/C10H16INO/c1-3-4-12-9(7-11)8-5-10(2,13)6-8/h3-4,8,13H,5-7H2,1-2H3/b4-3-,12-9+. The summed E-state index contributed by atoms with van der Waals surface area (Å²) < 4.78 is 0.961. The number of rotatable bonds is 3. The molecule has 0 atom stereocenters. The predicted molar refractivity (Wildman–Crippen MR) is 64.5 cm³/mol. The summed E-state index contributed by atoms with van der Waals surface area (Å²) in [7, 11) is 0. The van der Waals surface area contributed by atoms with Crippen molar-refractivity contribution in [2.24, 2.45) is 10.9 Å². The first kappa shape index (κ1) is 11.2. The molecule has 1 aliphatic carbocycles. The van der Waals surface area contributed by atoms with Gasteiger partial charge in [0, 0.05) is 22.3 Å². The topological polar surface area (TPSA) is 32.6 Å². The Morgan fingerprint density at radius 1 is 1.69 bits per heavy atom. The quantitative estimate of drug-likeness (QED) is 0.484. The number of allylic oxidation sites excluding steroid dienone is 1. The minimum Gasteiger partial charge on any atom is -0.390 e. The Morgan fingerprint density at radius 3 is 2.69 bits per heavy atom. The Bertz CT molecular complexity index is 225. The maximum atomic E-state index is 9.58. The van der Waals surface area contributed by atoms with E-state index in [1.807, 2.05) is 26.1 Å². The molecule has 1 N–H and O–H groups in total. The van der Waals surface area contributed by atoms with E-state index in [0.29, 0.717) is 5.92 Å². The molecule has 0 spiro atoms. The number of hydrogen-bond acceptors (Lipinski definition) is 2. The molecule has 0 bridgehead atoms. The Kier molecular flexibility index (Phi) is 3.91. The summed E-state index contributed by atoms with van der Waals surface area (Å²) in [4.78, 5) is 4.37. The van der Waals surface area contributed by atoms with Gasteiger partial charge in [-0.3, -0.25) is 4.99 Å². The second-order valence-corrected chi connectivity index (χ2v) is 4.60. The van der Waals surface area contributed by atoms with Crippen LogP contribution in [0.4, 0.5) is 0 Å². The lowest BCUT2D eigenvalue weighted by atomic mass is 9.70. The minimum atomic E-state index is -0.437. The summed E-state index contributed by atoms with van der Waals surface area (Å²) in [5.41, 5.74) is 0.776. The summed E-state index contributed by atoms with van der Waals surface area (Å²) in [6.45, 7) is 3.86.